The molecular weight excluding hydrogens is 272 g/mol. The number of nitrogens with zero attached hydrogens (tertiary/aromatic N) is 1. The molecule has 0 saturated carbocycles. The summed E-state index contributed by atoms with van der Waals surface area (Å²) in [6.45, 7) is 1.03. The van der Waals surface area contributed by atoms with E-state index in [0.717, 1.165) is 17.3 Å². The van der Waals surface area contributed by atoms with Crippen molar-refractivity contribution < 1.29 is 19.4 Å². The summed E-state index contributed by atoms with van der Waals surface area (Å²) in [5.74, 6) is -1.000. The number of amides is 1. The van der Waals surface area contributed by atoms with Crippen LogP contribution in [0.2, 0.25) is 0 Å². The number of carboxylic acid groups (broad SMARTS) is 1. The van der Waals surface area contributed by atoms with Crippen LogP contribution in [-0.2, 0) is 20.9 Å². The first kappa shape index (κ1) is 13.6. The highest BCUT2D eigenvalue weighted by atomic mass is 16.5. The number of nitrogens with one attached hydrogen (secondary N) is 1. The highest BCUT2D eigenvalue weighted by molar-refractivity contribution is 5.95. The largest absolute Gasteiger partial charge is 0.480 e. The van der Waals surface area contributed by atoms with Crippen molar-refractivity contribution in [2.75, 3.05) is 18.5 Å². The molecule has 1 atom stereocenters. The van der Waals surface area contributed by atoms with Gasteiger partial charge in [0.2, 0.25) is 5.91 Å². The molecule has 0 spiro atoms. The molecule has 21 heavy (non-hydrogen) atoms. The number of anilines is 1. The van der Waals surface area contributed by atoms with Crippen LogP contribution in [0.25, 0.3) is 10.9 Å². The van der Waals surface area contributed by atoms with E-state index in [2.05, 4.69) is 5.32 Å². The van der Waals surface area contributed by atoms with E-state index in [1.54, 1.807) is 16.8 Å². The zero-order chi connectivity index (χ0) is 14.8. The van der Waals surface area contributed by atoms with Crippen LogP contribution in [0, 0.1) is 5.92 Å². The predicted molar refractivity (Wildman–Crippen MR) is 77.1 cm³/mol. The summed E-state index contributed by atoms with van der Waals surface area (Å²) in [6.07, 6.45) is 2.48. The number of hydrogen-bond donors (Lipinski definition) is 2. The second kappa shape index (κ2) is 5.57. The first-order valence-corrected chi connectivity index (χ1v) is 6.83. The molecule has 6 nitrogen and oxygen atoms in total. The van der Waals surface area contributed by atoms with Crippen LogP contribution >= 0.6 is 0 Å². The summed E-state index contributed by atoms with van der Waals surface area (Å²) < 4.78 is 6.87. The maximum absolute atomic E-state index is 12.0. The number of fused-ring (bicyclic) bond motifs is 1. The monoisotopic (exact) mass is 288 g/mol. The Kier molecular flexibility index (Phi) is 3.62. The molecule has 1 aliphatic rings. The van der Waals surface area contributed by atoms with Crippen molar-refractivity contribution in [3.63, 3.8) is 0 Å². The maximum Gasteiger partial charge on any atom is 0.323 e. The number of hydrogen-bond acceptors (Lipinski definition) is 3. The minimum atomic E-state index is -0.883. The molecular formula is C15H16N2O4. The van der Waals surface area contributed by atoms with Crippen LogP contribution < -0.4 is 5.32 Å². The Morgan fingerprint density at radius 2 is 2.24 bits per heavy atom. The van der Waals surface area contributed by atoms with Crippen molar-refractivity contribution in [3.8, 4) is 0 Å². The molecule has 1 amide bonds. The highest BCUT2D eigenvalue weighted by Crippen LogP contribution is 2.22. The van der Waals surface area contributed by atoms with Gasteiger partial charge in [-0.15, -0.1) is 0 Å². The van der Waals surface area contributed by atoms with E-state index in [-0.39, 0.29) is 18.4 Å². The minimum absolute atomic E-state index is 0.0307. The Morgan fingerprint density at radius 3 is 2.95 bits per heavy atom. The Hall–Kier alpha value is -2.34. The molecule has 3 rings (SSSR count). The van der Waals surface area contributed by atoms with Crippen molar-refractivity contribution in [2.24, 2.45) is 5.92 Å². The van der Waals surface area contributed by atoms with Gasteiger partial charge < -0.3 is 19.7 Å². The standard InChI is InChI=1S/C15H16N2O4/c18-14(19)8-17-5-3-10-7-12(1-2-13(10)17)16-15(20)11-4-6-21-9-11/h1-3,5,7,11H,4,6,8-9H2,(H,16,20)(H,18,19). The zero-order valence-electron chi connectivity index (χ0n) is 11.4. The van der Waals surface area contributed by atoms with Gasteiger partial charge in [-0.1, -0.05) is 0 Å². The van der Waals surface area contributed by atoms with Gasteiger partial charge in [0.25, 0.3) is 0 Å². The van der Waals surface area contributed by atoms with Crippen LogP contribution in [0.5, 0.6) is 0 Å². The molecule has 2 heterocycles. The average Bonchev–Trinajstić information content (AvgIpc) is 3.08. The van der Waals surface area contributed by atoms with Crippen LogP contribution in [0.1, 0.15) is 6.42 Å². The second-order valence-electron chi connectivity index (χ2n) is 5.16. The van der Waals surface area contributed by atoms with E-state index in [9.17, 15) is 9.59 Å². The molecule has 1 aliphatic heterocycles. The third kappa shape index (κ3) is 2.90. The summed E-state index contributed by atoms with van der Waals surface area (Å²) in [5, 5.41) is 12.6. The van der Waals surface area contributed by atoms with E-state index >= 15 is 0 Å². The molecule has 0 radical (unpaired) electrons. The Labute approximate surface area is 121 Å². The van der Waals surface area contributed by atoms with Crippen LogP contribution in [0.15, 0.2) is 30.5 Å². The van der Waals surface area contributed by atoms with Gasteiger partial charge in [0.15, 0.2) is 0 Å². The Morgan fingerprint density at radius 1 is 1.38 bits per heavy atom. The Balaban J connectivity index is 1.78. The van der Waals surface area contributed by atoms with Gasteiger partial charge in [-0.2, -0.15) is 0 Å². The molecule has 0 bridgehead atoms. The van der Waals surface area contributed by atoms with Crippen molar-refractivity contribution in [2.45, 2.75) is 13.0 Å². The van der Waals surface area contributed by atoms with Crippen molar-refractivity contribution >= 4 is 28.5 Å². The van der Waals surface area contributed by atoms with Crippen molar-refractivity contribution in [1.29, 1.82) is 0 Å². The molecule has 1 unspecified atom stereocenters. The molecule has 1 saturated heterocycles. The van der Waals surface area contributed by atoms with Crippen LogP contribution in [-0.4, -0.2) is 34.8 Å². The predicted octanol–water partition coefficient (Wildman–Crippen LogP) is 1.70. The summed E-state index contributed by atoms with van der Waals surface area (Å²) in [4.78, 5) is 22.8. The van der Waals surface area contributed by atoms with Crippen molar-refractivity contribution in [3.05, 3.63) is 30.5 Å². The maximum atomic E-state index is 12.0. The zero-order valence-corrected chi connectivity index (χ0v) is 11.4. The van der Waals surface area contributed by atoms with E-state index in [0.29, 0.717) is 18.9 Å². The lowest BCUT2D eigenvalue weighted by molar-refractivity contribution is -0.137. The van der Waals surface area contributed by atoms with E-state index < -0.39 is 5.97 Å². The highest BCUT2D eigenvalue weighted by Gasteiger charge is 2.23. The lowest BCUT2D eigenvalue weighted by Gasteiger charge is -2.09. The number of carbonyl (C=O) groups is 2. The molecule has 0 aliphatic carbocycles. The average molecular weight is 288 g/mol. The molecule has 1 aromatic heterocycles. The topological polar surface area (TPSA) is 80.6 Å². The van der Waals surface area contributed by atoms with Gasteiger partial charge in [0.1, 0.15) is 6.54 Å². The fourth-order valence-electron chi connectivity index (χ4n) is 2.55. The van der Waals surface area contributed by atoms with Gasteiger partial charge in [-0.25, -0.2) is 0 Å². The lowest BCUT2D eigenvalue weighted by atomic mass is 10.1. The Bertz CT molecular complexity index is 686. The van der Waals surface area contributed by atoms with Crippen molar-refractivity contribution in [1.82, 2.24) is 4.57 Å². The summed E-state index contributed by atoms with van der Waals surface area (Å²) in [7, 11) is 0. The second-order valence-corrected chi connectivity index (χ2v) is 5.16. The molecule has 1 aromatic carbocycles. The SMILES string of the molecule is O=C(O)Cn1ccc2cc(NC(=O)C3CCOC3)ccc21. The number of aliphatic carboxylic acids is 1. The molecule has 110 valence electrons. The smallest absolute Gasteiger partial charge is 0.323 e. The molecule has 6 heteroatoms. The number of ether oxygens (including phenoxy) is 1. The molecule has 1 fully saturated rings. The summed E-state index contributed by atoms with van der Waals surface area (Å²) in [5.41, 5.74) is 1.55. The fourth-order valence-corrected chi connectivity index (χ4v) is 2.55. The number of rotatable bonds is 4. The van der Waals surface area contributed by atoms with Crippen LogP contribution in [0.3, 0.4) is 0 Å². The minimum Gasteiger partial charge on any atom is -0.480 e. The summed E-state index contributed by atoms with van der Waals surface area (Å²) in [6, 6.07) is 7.29. The van der Waals surface area contributed by atoms with E-state index in [1.165, 1.54) is 0 Å². The normalized spacial score (nSPS) is 18.0. The fraction of sp³-hybridized carbons (Fsp3) is 0.333. The number of benzene rings is 1. The molecule has 2 N–H and O–H groups in total. The third-order valence-corrected chi connectivity index (χ3v) is 3.64. The van der Waals surface area contributed by atoms with Gasteiger partial charge in [0, 0.05) is 29.4 Å². The third-order valence-electron chi connectivity index (χ3n) is 3.64. The lowest BCUT2D eigenvalue weighted by Crippen LogP contribution is -2.22. The van der Waals surface area contributed by atoms with Crippen LogP contribution in [0.4, 0.5) is 5.69 Å². The first-order valence-electron chi connectivity index (χ1n) is 6.83. The van der Waals surface area contributed by atoms with Gasteiger partial charge in [0.05, 0.1) is 12.5 Å². The van der Waals surface area contributed by atoms with E-state index in [1.807, 2.05) is 18.2 Å². The quantitative estimate of drug-likeness (QED) is 0.897. The van der Waals surface area contributed by atoms with Gasteiger partial charge in [-0.3, -0.25) is 9.59 Å². The van der Waals surface area contributed by atoms with Gasteiger partial charge in [-0.05, 0) is 30.7 Å². The summed E-state index contributed by atoms with van der Waals surface area (Å²) >= 11 is 0. The number of carbonyl (C=O) groups excluding carboxylic acids is 1. The number of carboxylic acids is 1. The molecule has 2 aromatic rings. The first-order chi connectivity index (χ1) is 10.1. The number of aromatic nitrogens is 1. The van der Waals surface area contributed by atoms with Gasteiger partial charge >= 0.3 is 5.97 Å². The van der Waals surface area contributed by atoms with E-state index in [4.69, 9.17) is 9.84 Å².